The number of nitrogens with two attached hydrogens (primary N) is 1. The van der Waals surface area contributed by atoms with Crippen LogP contribution in [0, 0.1) is 0 Å². The van der Waals surface area contributed by atoms with Crippen molar-refractivity contribution in [1.82, 2.24) is 4.57 Å². The van der Waals surface area contributed by atoms with E-state index in [0.29, 0.717) is 25.1 Å². The molecule has 3 N–H and O–H groups in total. The number of rotatable bonds is 11. The number of nitrogens with zero attached hydrogens (tertiary/aromatic N) is 1. The summed E-state index contributed by atoms with van der Waals surface area (Å²) < 4.78 is 32.3. The minimum atomic E-state index is -4.00. The van der Waals surface area contributed by atoms with Gasteiger partial charge in [0.1, 0.15) is 0 Å². The van der Waals surface area contributed by atoms with E-state index in [1.807, 2.05) is 24.3 Å². The fraction of sp³-hybridized carbons (Fsp3) is 0.471. The van der Waals surface area contributed by atoms with Crippen molar-refractivity contribution in [1.29, 1.82) is 0 Å². The summed E-state index contributed by atoms with van der Waals surface area (Å²) >= 11 is 1.38. The Morgan fingerprint density at radius 2 is 2.00 bits per heavy atom. The first kappa shape index (κ1) is 20.8. The lowest BCUT2D eigenvalue weighted by Crippen LogP contribution is -2.33. The van der Waals surface area contributed by atoms with Crippen molar-refractivity contribution in [2.75, 3.05) is 18.1 Å². The summed E-state index contributed by atoms with van der Waals surface area (Å²) in [5, 5.41) is 14.3. The van der Waals surface area contributed by atoms with Gasteiger partial charge in [-0.2, -0.15) is 8.42 Å². The summed E-state index contributed by atoms with van der Waals surface area (Å²) in [7, 11) is -4.00. The van der Waals surface area contributed by atoms with Gasteiger partial charge >= 0.3 is 0 Å². The molecule has 26 heavy (non-hydrogen) atoms. The van der Waals surface area contributed by atoms with Crippen LogP contribution >= 0.6 is 11.8 Å². The van der Waals surface area contributed by atoms with Crippen molar-refractivity contribution in [3.63, 3.8) is 0 Å². The van der Waals surface area contributed by atoms with E-state index in [2.05, 4.69) is 0 Å². The van der Waals surface area contributed by atoms with Gasteiger partial charge in [-0.05, 0) is 32.2 Å². The number of fused-ring (bicyclic) bond motifs is 1. The number of benzene rings is 1. The van der Waals surface area contributed by atoms with Crippen LogP contribution in [0.1, 0.15) is 31.7 Å². The molecule has 0 amide bonds. The molecule has 1 atom stereocenters. The molecule has 9 heteroatoms. The maximum absolute atomic E-state index is 11.7. The molecule has 0 aliphatic heterocycles. The van der Waals surface area contributed by atoms with Crippen LogP contribution < -0.4 is 10.8 Å². The highest BCUT2D eigenvalue weighted by atomic mass is 32.2. The molecule has 2 rings (SSSR count). The summed E-state index contributed by atoms with van der Waals surface area (Å²) in [6.45, 7) is 0.505. The monoisotopic (exact) mass is 399 g/mol. The van der Waals surface area contributed by atoms with Crippen LogP contribution in [0.2, 0.25) is 0 Å². The van der Waals surface area contributed by atoms with Gasteiger partial charge in [0.25, 0.3) is 10.1 Å². The summed E-state index contributed by atoms with van der Waals surface area (Å²) in [5.41, 5.74) is 5.49. The van der Waals surface area contributed by atoms with Gasteiger partial charge < -0.3 is 20.2 Å². The Bertz CT molecular complexity index is 848. The average molecular weight is 400 g/mol. The number of carbonyl (C=O) groups excluding carboxylic acids is 1. The van der Waals surface area contributed by atoms with E-state index in [9.17, 15) is 18.3 Å². The zero-order valence-electron chi connectivity index (χ0n) is 14.3. The van der Waals surface area contributed by atoms with Crippen molar-refractivity contribution in [3.8, 4) is 0 Å². The van der Waals surface area contributed by atoms with E-state index < -0.39 is 22.1 Å². The zero-order chi connectivity index (χ0) is 19.2. The second-order valence-corrected chi connectivity index (χ2v) is 8.69. The molecule has 1 aromatic carbocycles. The molecule has 0 saturated carbocycles. The van der Waals surface area contributed by atoms with Gasteiger partial charge in [-0.25, -0.2) is 0 Å². The molecule has 0 aliphatic rings. The van der Waals surface area contributed by atoms with E-state index in [4.69, 9.17) is 10.3 Å². The number of carbonyl (C=O) groups is 1. The van der Waals surface area contributed by atoms with Crippen LogP contribution in [0.4, 0.5) is 0 Å². The number of unbranched alkanes of at least 4 members (excludes halogenated alkanes) is 1. The Balaban J connectivity index is 2.27. The Morgan fingerprint density at radius 1 is 1.27 bits per heavy atom. The maximum Gasteiger partial charge on any atom is 0.264 e. The van der Waals surface area contributed by atoms with Crippen LogP contribution in [0.5, 0.6) is 0 Å². The highest BCUT2D eigenvalue weighted by Crippen LogP contribution is 2.34. The van der Waals surface area contributed by atoms with Crippen molar-refractivity contribution in [3.05, 3.63) is 30.5 Å². The molecule has 0 unspecified atom stereocenters. The minimum Gasteiger partial charge on any atom is -0.548 e. The van der Waals surface area contributed by atoms with Gasteiger partial charge in [0.05, 0.1) is 22.8 Å². The number of aliphatic carboxylic acids is 1. The summed E-state index contributed by atoms with van der Waals surface area (Å²) in [4.78, 5) is 11.7. The number of aromatic nitrogens is 1. The second kappa shape index (κ2) is 9.40. The molecular formula is C17H23N2O5S2-. The van der Waals surface area contributed by atoms with Crippen LogP contribution in [-0.2, 0) is 14.9 Å². The van der Waals surface area contributed by atoms with E-state index in [1.165, 1.54) is 11.8 Å². The summed E-state index contributed by atoms with van der Waals surface area (Å²) in [6.07, 6.45) is 3.90. The third-order valence-corrected chi connectivity index (χ3v) is 6.03. The number of carboxylic acids is 1. The summed E-state index contributed by atoms with van der Waals surface area (Å²) in [5.74, 6) is -1.03. The Hall–Kier alpha value is -1.55. The smallest absolute Gasteiger partial charge is 0.264 e. The predicted molar refractivity (Wildman–Crippen MR) is 101 cm³/mol. The van der Waals surface area contributed by atoms with E-state index in [1.54, 1.807) is 10.8 Å². The third-order valence-electron chi connectivity index (χ3n) is 4.03. The van der Waals surface area contributed by atoms with Crippen molar-refractivity contribution in [2.24, 2.45) is 5.73 Å². The average Bonchev–Trinajstić information content (AvgIpc) is 2.92. The van der Waals surface area contributed by atoms with E-state index >= 15 is 0 Å². The van der Waals surface area contributed by atoms with Gasteiger partial charge in [-0.1, -0.05) is 24.3 Å². The maximum atomic E-state index is 11.7. The number of hydrogen-bond acceptors (Lipinski definition) is 6. The molecule has 0 saturated heterocycles. The standard InChI is InChI=1S/C17H24N2O5S2/c18-9-4-3-8-15(17(20)21)19-12-13-6-1-2-7-14(13)16(19)25-10-5-11-26(22,23)24/h1-2,6-7,12,15H,3-5,8-11,18H2,(H,20,21)(H,22,23,24)/p-1/t15-/m0/s1. The van der Waals surface area contributed by atoms with E-state index in [0.717, 1.165) is 22.2 Å². The molecule has 0 fully saturated rings. The highest BCUT2D eigenvalue weighted by Gasteiger charge is 2.19. The van der Waals surface area contributed by atoms with Crippen molar-refractivity contribution < 1.29 is 22.9 Å². The van der Waals surface area contributed by atoms with Crippen LogP contribution in [0.25, 0.3) is 10.8 Å². The van der Waals surface area contributed by atoms with Gasteiger partial charge in [-0.3, -0.25) is 4.55 Å². The molecule has 0 spiro atoms. The minimum absolute atomic E-state index is 0.270. The number of thioether (sulfide) groups is 1. The van der Waals surface area contributed by atoms with Gasteiger partial charge in [0.15, 0.2) is 0 Å². The lowest BCUT2D eigenvalue weighted by atomic mass is 10.1. The molecule has 1 heterocycles. The first-order chi connectivity index (χ1) is 12.3. The zero-order valence-corrected chi connectivity index (χ0v) is 16.0. The number of carboxylic acid groups (broad SMARTS) is 1. The highest BCUT2D eigenvalue weighted by molar-refractivity contribution is 7.99. The van der Waals surface area contributed by atoms with E-state index in [-0.39, 0.29) is 12.2 Å². The van der Waals surface area contributed by atoms with Crippen molar-refractivity contribution in [2.45, 2.75) is 36.8 Å². The number of hydrogen-bond donors (Lipinski definition) is 2. The fourth-order valence-corrected chi connectivity index (χ4v) is 4.64. The lowest BCUT2D eigenvalue weighted by Gasteiger charge is -2.22. The molecule has 1 aromatic heterocycles. The molecule has 7 nitrogen and oxygen atoms in total. The quantitative estimate of drug-likeness (QED) is 0.332. The molecule has 0 aliphatic carbocycles. The van der Waals surface area contributed by atoms with Crippen molar-refractivity contribution >= 4 is 38.6 Å². The topological polar surface area (TPSA) is 125 Å². The normalized spacial score (nSPS) is 13.2. The molecule has 0 bridgehead atoms. The SMILES string of the molecule is NCCCC[C@@H](C(=O)[O-])n1cc2ccccc2c1SCCCS(=O)(=O)O. The van der Waals surface area contributed by atoms with Crippen LogP contribution in [0.15, 0.2) is 35.5 Å². The largest absolute Gasteiger partial charge is 0.548 e. The van der Waals surface area contributed by atoms with Crippen LogP contribution in [0.3, 0.4) is 0 Å². The fourth-order valence-electron chi connectivity index (χ4n) is 2.80. The van der Waals surface area contributed by atoms with Crippen LogP contribution in [-0.4, -0.2) is 41.6 Å². The molecule has 2 aromatic rings. The second-order valence-electron chi connectivity index (χ2n) is 6.04. The first-order valence-corrected chi connectivity index (χ1v) is 11.0. The first-order valence-electron chi connectivity index (χ1n) is 8.42. The third kappa shape index (κ3) is 5.73. The lowest BCUT2D eigenvalue weighted by molar-refractivity contribution is -0.310. The molecule has 144 valence electrons. The molecule has 0 radical (unpaired) electrons. The Kier molecular flexibility index (Phi) is 7.51. The molecular weight excluding hydrogens is 376 g/mol. The predicted octanol–water partition coefficient (Wildman–Crippen LogP) is 1.43. The Morgan fingerprint density at radius 3 is 2.65 bits per heavy atom. The Labute approximate surface area is 157 Å². The van der Waals surface area contributed by atoms with Gasteiger partial charge in [0, 0.05) is 22.7 Å². The van der Waals surface area contributed by atoms with Gasteiger partial charge in [-0.15, -0.1) is 11.8 Å². The summed E-state index contributed by atoms with van der Waals surface area (Å²) in [6, 6.07) is 6.75. The van der Waals surface area contributed by atoms with Gasteiger partial charge in [0.2, 0.25) is 0 Å².